The zero-order valence-electron chi connectivity index (χ0n) is 12.1. The van der Waals surface area contributed by atoms with E-state index in [1.807, 2.05) is 0 Å². The first-order chi connectivity index (χ1) is 9.86. The molecule has 0 radical (unpaired) electrons. The SMILES string of the molecule is CC(C)[C@H](NC(=O)c1ccccc1Cl)C(=O)O[C@H](C)C#N. The van der Waals surface area contributed by atoms with Crippen LogP contribution in [0.1, 0.15) is 31.1 Å². The fourth-order valence-electron chi connectivity index (χ4n) is 1.64. The predicted octanol–water partition coefficient (Wildman–Crippen LogP) is 2.55. The Hall–Kier alpha value is -2.06. The first-order valence-electron chi connectivity index (χ1n) is 6.52. The van der Waals surface area contributed by atoms with Crippen LogP contribution < -0.4 is 5.32 Å². The van der Waals surface area contributed by atoms with Crippen molar-refractivity contribution < 1.29 is 14.3 Å². The van der Waals surface area contributed by atoms with E-state index < -0.39 is 24.0 Å². The van der Waals surface area contributed by atoms with Crippen molar-refractivity contribution in [3.8, 4) is 6.07 Å². The van der Waals surface area contributed by atoms with Crippen LogP contribution in [0.25, 0.3) is 0 Å². The van der Waals surface area contributed by atoms with Gasteiger partial charge in [0.2, 0.25) is 0 Å². The van der Waals surface area contributed by atoms with E-state index in [2.05, 4.69) is 5.32 Å². The first-order valence-corrected chi connectivity index (χ1v) is 6.90. The summed E-state index contributed by atoms with van der Waals surface area (Å²) in [7, 11) is 0. The normalized spacial score (nSPS) is 13.1. The van der Waals surface area contributed by atoms with Crippen molar-refractivity contribution in [2.45, 2.75) is 32.9 Å². The third-order valence-electron chi connectivity index (χ3n) is 2.80. The van der Waals surface area contributed by atoms with Gasteiger partial charge in [0, 0.05) is 0 Å². The van der Waals surface area contributed by atoms with Crippen LogP contribution in [-0.2, 0) is 9.53 Å². The standard InChI is InChI=1S/C15H17ClN2O3/c1-9(2)13(15(20)21-10(3)8-17)18-14(19)11-6-4-5-7-12(11)16/h4-7,9-10,13H,1-3H3,(H,18,19)/t10-,13+/m1/s1. The van der Waals surface area contributed by atoms with E-state index in [1.54, 1.807) is 44.2 Å². The van der Waals surface area contributed by atoms with Crippen molar-refractivity contribution >= 4 is 23.5 Å². The minimum Gasteiger partial charge on any atom is -0.446 e. The minimum atomic E-state index is -0.865. The van der Waals surface area contributed by atoms with Crippen LogP contribution in [0.5, 0.6) is 0 Å². The quantitative estimate of drug-likeness (QED) is 0.848. The Kier molecular flexibility index (Phi) is 6.19. The van der Waals surface area contributed by atoms with E-state index in [4.69, 9.17) is 21.6 Å². The molecule has 1 amide bonds. The molecule has 0 fully saturated rings. The third kappa shape index (κ3) is 4.76. The lowest BCUT2D eigenvalue weighted by atomic mass is 10.0. The van der Waals surface area contributed by atoms with Gasteiger partial charge in [-0.2, -0.15) is 5.26 Å². The number of rotatable bonds is 5. The van der Waals surface area contributed by atoms with E-state index in [1.165, 1.54) is 6.92 Å². The Morgan fingerprint density at radius 3 is 2.43 bits per heavy atom. The second kappa shape index (κ2) is 7.65. The molecule has 0 saturated heterocycles. The van der Waals surface area contributed by atoms with E-state index >= 15 is 0 Å². The number of benzene rings is 1. The summed E-state index contributed by atoms with van der Waals surface area (Å²) in [5.74, 6) is -1.28. The summed E-state index contributed by atoms with van der Waals surface area (Å²) in [4.78, 5) is 24.2. The van der Waals surface area contributed by atoms with Crippen molar-refractivity contribution in [3.63, 3.8) is 0 Å². The number of hydrogen-bond acceptors (Lipinski definition) is 4. The molecule has 21 heavy (non-hydrogen) atoms. The molecule has 1 aromatic rings. The van der Waals surface area contributed by atoms with Crippen molar-refractivity contribution in [2.24, 2.45) is 5.92 Å². The Bertz CT molecular complexity index is 566. The fourth-order valence-corrected chi connectivity index (χ4v) is 1.86. The number of nitrogens with zero attached hydrogens (tertiary/aromatic N) is 1. The number of carbonyl (C=O) groups excluding carboxylic acids is 2. The second-order valence-electron chi connectivity index (χ2n) is 4.88. The molecule has 0 unspecified atom stereocenters. The summed E-state index contributed by atoms with van der Waals surface area (Å²) in [6.45, 7) is 5.01. The molecule has 6 heteroatoms. The van der Waals surface area contributed by atoms with Gasteiger partial charge >= 0.3 is 5.97 Å². The number of amides is 1. The van der Waals surface area contributed by atoms with E-state index in [9.17, 15) is 9.59 Å². The Morgan fingerprint density at radius 1 is 1.29 bits per heavy atom. The van der Waals surface area contributed by atoms with E-state index in [0.29, 0.717) is 5.02 Å². The van der Waals surface area contributed by atoms with Gasteiger partial charge in [-0.25, -0.2) is 4.79 Å². The zero-order chi connectivity index (χ0) is 16.0. The van der Waals surface area contributed by atoms with Gasteiger partial charge in [-0.1, -0.05) is 37.6 Å². The second-order valence-corrected chi connectivity index (χ2v) is 5.29. The Labute approximate surface area is 128 Å². The monoisotopic (exact) mass is 308 g/mol. The number of nitrogens with one attached hydrogen (secondary N) is 1. The molecule has 2 atom stereocenters. The highest BCUT2D eigenvalue weighted by Crippen LogP contribution is 2.16. The fraction of sp³-hybridized carbons (Fsp3) is 0.400. The van der Waals surface area contributed by atoms with Crippen molar-refractivity contribution in [2.75, 3.05) is 0 Å². The molecule has 1 N–H and O–H groups in total. The maximum atomic E-state index is 12.2. The molecule has 0 aliphatic heterocycles. The maximum absolute atomic E-state index is 12.2. The van der Waals surface area contributed by atoms with Gasteiger partial charge in [-0.3, -0.25) is 4.79 Å². The average molecular weight is 309 g/mol. The van der Waals surface area contributed by atoms with Crippen molar-refractivity contribution in [3.05, 3.63) is 34.9 Å². The van der Waals surface area contributed by atoms with Crippen LogP contribution in [0.3, 0.4) is 0 Å². The van der Waals surface area contributed by atoms with Crippen LogP contribution in [0.2, 0.25) is 5.02 Å². The van der Waals surface area contributed by atoms with Crippen molar-refractivity contribution in [1.29, 1.82) is 5.26 Å². The molecule has 0 bridgehead atoms. The molecule has 0 saturated carbocycles. The largest absolute Gasteiger partial charge is 0.446 e. The maximum Gasteiger partial charge on any atom is 0.330 e. The molecule has 0 heterocycles. The zero-order valence-corrected chi connectivity index (χ0v) is 12.8. The topological polar surface area (TPSA) is 79.2 Å². The van der Waals surface area contributed by atoms with Crippen LogP contribution in [0, 0.1) is 17.2 Å². The third-order valence-corrected chi connectivity index (χ3v) is 3.13. The van der Waals surface area contributed by atoms with Gasteiger partial charge in [0.1, 0.15) is 12.1 Å². The smallest absolute Gasteiger partial charge is 0.330 e. The molecule has 0 aliphatic rings. The summed E-state index contributed by atoms with van der Waals surface area (Å²) < 4.78 is 4.94. The molecule has 112 valence electrons. The summed E-state index contributed by atoms with van der Waals surface area (Å²) in [5.41, 5.74) is 0.283. The molecule has 0 aromatic heterocycles. The molecule has 5 nitrogen and oxygen atoms in total. The number of nitriles is 1. The van der Waals surface area contributed by atoms with Crippen LogP contribution in [0.4, 0.5) is 0 Å². The van der Waals surface area contributed by atoms with Gasteiger partial charge < -0.3 is 10.1 Å². The van der Waals surface area contributed by atoms with Gasteiger partial charge in [-0.05, 0) is 25.0 Å². The Morgan fingerprint density at radius 2 is 1.90 bits per heavy atom. The van der Waals surface area contributed by atoms with Crippen LogP contribution in [0.15, 0.2) is 24.3 Å². The lowest BCUT2D eigenvalue weighted by molar-refractivity contribution is -0.149. The summed E-state index contributed by atoms with van der Waals surface area (Å²) in [6.07, 6.45) is -0.865. The van der Waals surface area contributed by atoms with Gasteiger partial charge in [-0.15, -0.1) is 0 Å². The predicted molar refractivity (Wildman–Crippen MR) is 78.7 cm³/mol. The highest BCUT2D eigenvalue weighted by Gasteiger charge is 2.27. The summed E-state index contributed by atoms with van der Waals surface area (Å²) in [5, 5.41) is 11.6. The van der Waals surface area contributed by atoms with Crippen LogP contribution in [-0.4, -0.2) is 24.0 Å². The van der Waals surface area contributed by atoms with Crippen LogP contribution >= 0.6 is 11.6 Å². The number of hydrogen-bond donors (Lipinski definition) is 1. The number of halogens is 1. The minimum absolute atomic E-state index is 0.185. The number of esters is 1. The summed E-state index contributed by atoms with van der Waals surface area (Å²) in [6, 6.07) is 7.52. The number of carbonyl (C=O) groups is 2. The molecule has 1 aromatic carbocycles. The van der Waals surface area contributed by atoms with Gasteiger partial charge in [0.15, 0.2) is 6.10 Å². The molecule has 1 rings (SSSR count). The highest BCUT2D eigenvalue weighted by atomic mass is 35.5. The first kappa shape index (κ1) is 17.0. The van der Waals surface area contributed by atoms with Gasteiger partial charge in [0.05, 0.1) is 10.6 Å². The van der Waals surface area contributed by atoms with E-state index in [-0.39, 0.29) is 11.5 Å². The molecule has 0 spiro atoms. The lowest BCUT2D eigenvalue weighted by Gasteiger charge is -2.21. The van der Waals surface area contributed by atoms with Crippen molar-refractivity contribution in [1.82, 2.24) is 5.32 Å². The summed E-state index contributed by atoms with van der Waals surface area (Å²) >= 11 is 5.95. The number of ether oxygens (including phenoxy) is 1. The molecule has 0 aliphatic carbocycles. The molecular formula is C15H17ClN2O3. The van der Waals surface area contributed by atoms with Gasteiger partial charge in [0.25, 0.3) is 5.91 Å². The van der Waals surface area contributed by atoms with E-state index in [0.717, 1.165) is 0 Å². The molecular weight excluding hydrogens is 292 g/mol. The Balaban J connectivity index is 2.85. The lowest BCUT2D eigenvalue weighted by Crippen LogP contribution is -2.46. The average Bonchev–Trinajstić information content (AvgIpc) is 2.44. The highest BCUT2D eigenvalue weighted by molar-refractivity contribution is 6.33.